The topological polar surface area (TPSA) is 390 Å². The lowest BCUT2D eigenvalue weighted by Gasteiger charge is -2.50. The van der Waals surface area contributed by atoms with Crippen LogP contribution in [-0.2, 0) is 33.3 Å². The van der Waals surface area contributed by atoms with Gasteiger partial charge >= 0.3 is 11.9 Å². The fourth-order valence-corrected chi connectivity index (χ4v) is 11.8. The van der Waals surface area contributed by atoms with Crippen LogP contribution in [-0.4, -0.2) is 259 Å². The van der Waals surface area contributed by atoms with Gasteiger partial charge in [-0.2, -0.15) is 0 Å². The second-order valence-electron chi connectivity index (χ2n) is 24.1. The van der Waals surface area contributed by atoms with Crippen molar-refractivity contribution >= 4 is 11.9 Å². The molecule has 5 heterocycles. The third-order valence-electron chi connectivity index (χ3n) is 17.1. The molecule has 0 aromatic carbocycles. The van der Waals surface area contributed by atoms with Gasteiger partial charge in [0.05, 0.1) is 92.8 Å². The zero-order valence-corrected chi connectivity index (χ0v) is 49.7. The number of rotatable bonds is 10. The molecule has 5 aliphatic heterocycles. The Balaban J connectivity index is 1.41. The van der Waals surface area contributed by atoms with Crippen molar-refractivity contribution in [1.29, 1.82) is 0 Å². The number of esters is 1. The molecule has 4 fully saturated rings. The highest BCUT2D eigenvalue weighted by Crippen LogP contribution is 2.39. The Morgan fingerprint density at radius 2 is 1.31 bits per heavy atom. The van der Waals surface area contributed by atoms with E-state index in [-0.39, 0.29) is 38.1 Å². The summed E-state index contributed by atoms with van der Waals surface area (Å²) in [6, 6.07) is -1.30. The normalized spacial score (nSPS) is 44.3. The number of hydrogen-bond donors (Lipinski definition) is 15. The summed E-state index contributed by atoms with van der Waals surface area (Å²) in [6.45, 7) is 8.11. The molecule has 0 aromatic rings. The second kappa shape index (κ2) is 35.1. The Hall–Kier alpha value is -3.42. The van der Waals surface area contributed by atoms with Crippen molar-refractivity contribution in [1.82, 2.24) is 9.80 Å². The van der Waals surface area contributed by atoms with Crippen molar-refractivity contribution in [3.05, 3.63) is 72.9 Å². The van der Waals surface area contributed by atoms with Crippen molar-refractivity contribution in [3.8, 4) is 0 Å². The van der Waals surface area contributed by atoms with Crippen molar-refractivity contribution in [2.75, 3.05) is 39.3 Å². The van der Waals surface area contributed by atoms with Crippen LogP contribution in [0.25, 0.3) is 0 Å². The number of piperidine rings is 1. The lowest BCUT2D eigenvalue weighted by atomic mass is 9.82. The van der Waals surface area contributed by atoms with Gasteiger partial charge in [-0.05, 0) is 91.3 Å². The first-order valence-electron chi connectivity index (χ1n) is 30.3. The van der Waals surface area contributed by atoms with Crippen LogP contribution in [0.1, 0.15) is 118 Å². The summed E-state index contributed by atoms with van der Waals surface area (Å²) in [5.74, 6) is -9.65. The van der Waals surface area contributed by atoms with Crippen LogP contribution < -0.4 is 0 Å². The highest BCUT2D eigenvalue weighted by molar-refractivity contribution is 5.71. The Morgan fingerprint density at radius 3 is 1.99 bits per heavy atom. The maximum atomic E-state index is 12.9. The number of carboxylic acid groups (broad SMARTS) is 1. The minimum absolute atomic E-state index is 0.116. The van der Waals surface area contributed by atoms with Gasteiger partial charge in [0.1, 0.15) is 36.4 Å². The van der Waals surface area contributed by atoms with E-state index in [9.17, 15) is 86.2 Å². The highest BCUT2D eigenvalue weighted by atomic mass is 16.7. The number of aliphatic hydroxyl groups is 14. The number of fused-ring (bicyclic) bond motifs is 2. The van der Waals surface area contributed by atoms with Gasteiger partial charge in [0.15, 0.2) is 12.1 Å². The van der Waals surface area contributed by atoms with Gasteiger partial charge in [-0.1, -0.05) is 93.2 Å². The zero-order chi connectivity index (χ0) is 62.6. The number of carbonyl (C=O) groups excluding carboxylic acids is 1. The van der Waals surface area contributed by atoms with E-state index in [1.807, 2.05) is 43.4 Å². The fourth-order valence-electron chi connectivity index (χ4n) is 11.8. The van der Waals surface area contributed by atoms with E-state index >= 15 is 0 Å². The minimum Gasteiger partial charge on any atom is -0.481 e. The van der Waals surface area contributed by atoms with Gasteiger partial charge in [0.25, 0.3) is 0 Å². The summed E-state index contributed by atoms with van der Waals surface area (Å²) in [5, 5.41) is 167. The molecule has 0 saturated carbocycles. The van der Waals surface area contributed by atoms with Crippen LogP contribution in [0.3, 0.4) is 0 Å². The molecule has 24 heteroatoms. The van der Waals surface area contributed by atoms with Gasteiger partial charge in [-0.3, -0.25) is 14.5 Å². The third-order valence-corrected chi connectivity index (χ3v) is 17.1. The number of hydrogen-bond acceptors (Lipinski definition) is 23. The number of likely N-dealkylation sites (tertiary alicyclic amines) is 1. The van der Waals surface area contributed by atoms with E-state index in [0.717, 1.165) is 32.4 Å². The highest BCUT2D eigenvalue weighted by Gasteiger charge is 2.55. The molecule has 0 aliphatic carbocycles. The second-order valence-corrected chi connectivity index (χ2v) is 24.1. The van der Waals surface area contributed by atoms with Crippen LogP contribution in [0.15, 0.2) is 72.9 Å². The Labute approximate surface area is 499 Å². The predicted octanol–water partition coefficient (Wildman–Crippen LogP) is -0.0435. The standard InChI is InChI=1S/C61H100N2O22/c1-37-21-16-13-11-9-7-5-6-8-10-12-14-17-22-44(84-59-56(75)52(54(73)40(4)83-59)63(28-20-27-62-25-18-15-19-26-62)36-61(80)57(76)55(74)48(70)35-81-61)32-49-51(58(77)78)47(69)34-60(79,85-49)33-46(68)45(67)24-23-41(64)29-42(65)30-43(66)31-50(71)82-39(3)38(2)53(37)72/h5-6,8,10-14,16-17,21-22,37-49,51-57,59,64-70,72-76,79-80H,7,9,15,18-20,23-36H2,1-4H3,(H,77,78)/b6-5+,10-8+,13-11+,14-12+,21-16+,22-17+/t37-,38-,39-,40+,41+,42+,43+,44-,45+,46+,47-,48+,49-,51+,52-,53+,54+,55+,56-,57-,59-,60+,61+/m0/s1. The van der Waals surface area contributed by atoms with E-state index in [1.54, 1.807) is 44.2 Å². The molecular formula is C61H100N2O22. The molecule has 24 nitrogen and oxygen atoms in total. The van der Waals surface area contributed by atoms with Crippen molar-refractivity contribution in [3.63, 3.8) is 0 Å². The van der Waals surface area contributed by atoms with Crippen LogP contribution in [0.4, 0.5) is 0 Å². The number of nitrogens with zero attached hydrogens (tertiary/aromatic N) is 2. The number of aliphatic hydroxyl groups excluding tert-OH is 12. The summed E-state index contributed by atoms with van der Waals surface area (Å²) < 4.78 is 29.7. The molecule has 0 unspecified atom stereocenters. The molecule has 0 aromatic heterocycles. The Morgan fingerprint density at radius 1 is 0.682 bits per heavy atom. The summed E-state index contributed by atoms with van der Waals surface area (Å²) >= 11 is 0. The van der Waals surface area contributed by atoms with Crippen molar-refractivity contribution < 1.29 is 110 Å². The summed E-state index contributed by atoms with van der Waals surface area (Å²) in [5.41, 5.74) is 0. The quantitative estimate of drug-likeness (QED) is 0.128. The minimum atomic E-state index is -2.48. The monoisotopic (exact) mass is 1210 g/mol. The molecule has 0 spiro atoms. The lowest BCUT2D eigenvalue weighted by Crippen LogP contribution is -2.69. The third kappa shape index (κ3) is 22.5. The Kier molecular flexibility index (Phi) is 29.9. The van der Waals surface area contributed by atoms with Gasteiger partial charge in [-0.25, -0.2) is 0 Å². The van der Waals surface area contributed by atoms with Gasteiger partial charge in [0.2, 0.25) is 5.79 Å². The van der Waals surface area contributed by atoms with E-state index in [1.165, 1.54) is 17.9 Å². The number of aliphatic carboxylic acids is 1. The SMILES string of the molecule is C[C@@H]1[C@H](O)[C@@H](C)/C=C/C=C/CC/C=C/C=C/C=C/C=C/[C@H](O[C@@H]2O[C@H](C)[C@@H](O)[C@H](N(CCCN3CCCCC3)C[C@@]3(O)OC[C@@H](O)[C@@H](O)[C@@H]3O)[C@@H]2O)C[C@@H]2O[C@](O)(C[C@@H](O)[C@H](O)CC[C@@H](O)C[C@@H](O)C[C@@H](O)CC(=O)O[C@H]1C)C[C@H](O)[C@H]2C(=O)O. The van der Waals surface area contributed by atoms with Crippen LogP contribution in [0.2, 0.25) is 0 Å². The van der Waals surface area contributed by atoms with Crippen LogP contribution in [0, 0.1) is 17.8 Å². The number of carbonyl (C=O) groups is 2. The number of carboxylic acids is 1. The molecular weight excluding hydrogens is 1110 g/mol. The lowest BCUT2D eigenvalue weighted by molar-refractivity contribution is -0.336. The van der Waals surface area contributed by atoms with Crippen LogP contribution in [0.5, 0.6) is 0 Å². The van der Waals surface area contributed by atoms with Gasteiger partial charge in [-0.15, -0.1) is 0 Å². The van der Waals surface area contributed by atoms with E-state index < -0.39 is 184 Å². The Bertz CT molecular complexity index is 2180. The van der Waals surface area contributed by atoms with Crippen molar-refractivity contribution in [2.24, 2.45) is 17.8 Å². The molecule has 23 atom stereocenters. The average Bonchev–Trinajstić information content (AvgIpc) is 1.67. The summed E-state index contributed by atoms with van der Waals surface area (Å²) in [7, 11) is 0. The number of allylic oxidation sites excluding steroid dienone is 10. The number of ether oxygens (including phenoxy) is 5. The predicted molar refractivity (Wildman–Crippen MR) is 308 cm³/mol. The first-order chi connectivity index (χ1) is 40.2. The first kappa shape index (κ1) is 72.3. The molecule has 5 aliphatic rings. The van der Waals surface area contributed by atoms with Gasteiger partial charge < -0.3 is 105 Å². The fraction of sp³-hybridized carbons (Fsp3) is 0.770. The van der Waals surface area contributed by atoms with Crippen molar-refractivity contribution in [2.45, 2.75) is 239 Å². The smallest absolute Gasteiger partial charge is 0.311 e. The van der Waals surface area contributed by atoms with Crippen LogP contribution >= 0.6 is 0 Å². The molecule has 4 saturated heterocycles. The maximum absolute atomic E-state index is 12.9. The van der Waals surface area contributed by atoms with Gasteiger partial charge in [0, 0.05) is 37.6 Å². The maximum Gasteiger partial charge on any atom is 0.311 e. The van der Waals surface area contributed by atoms with E-state index in [2.05, 4.69) is 4.90 Å². The number of cyclic esters (lactones) is 1. The molecule has 486 valence electrons. The average molecular weight is 1210 g/mol. The molecule has 0 amide bonds. The summed E-state index contributed by atoms with van der Waals surface area (Å²) in [4.78, 5) is 29.4. The largest absolute Gasteiger partial charge is 0.481 e. The molecule has 0 radical (unpaired) electrons. The molecule has 85 heavy (non-hydrogen) atoms. The molecule has 5 rings (SSSR count). The van der Waals surface area contributed by atoms with E-state index in [4.69, 9.17) is 23.7 Å². The van der Waals surface area contributed by atoms with E-state index in [0.29, 0.717) is 25.8 Å². The zero-order valence-electron chi connectivity index (χ0n) is 49.7. The molecule has 2 bridgehead atoms. The molecule has 15 N–H and O–H groups in total. The first-order valence-corrected chi connectivity index (χ1v) is 30.3. The summed E-state index contributed by atoms with van der Waals surface area (Å²) in [6.07, 6.45) is -1.86.